The summed E-state index contributed by atoms with van der Waals surface area (Å²) in [6.45, 7) is 5.21. The fourth-order valence-electron chi connectivity index (χ4n) is 4.16. The maximum absolute atomic E-state index is 11.7. The standard InChI is InChI=1S/C27H31N3O4/c1-18(2)22-9-5-6-10-25(22)33-14-13-28-27-29-16-23(26(31)32)24(30-27)17-34-21-12-11-19-7-3-4-8-20(19)15-21/h5-6,9-12,15-16,18H,3-4,7-8,13-14,17H2,1-2H3,(H,31,32)(H,28,29,30). The summed E-state index contributed by atoms with van der Waals surface area (Å²) < 4.78 is 11.8. The molecule has 0 aliphatic heterocycles. The first-order valence-electron chi connectivity index (χ1n) is 11.8. The van der Waals surface area contributed by atoms with Crippen molar-refractivity contribution in [1.29, 1.82) is 0 Å². The van der Waals surface area contributed by atoms with Crippen LogP contribution in [0.4, 0.5) is 5.95 Å². The number of benzene rings is 2. The summed E-state index contributed by atoms with van der Waals surface area (Å²) in [5, 5.41) is 12.7. The third kappa shape index (κ3) is 5.84. The minimum Gasteiger partial charge on any atom is -0.491 e. The van der Waals surface area contributed by atoms with Crippen molar-refractivity contribution >= 4 is 11.9 Å². The van der Waals surface area contributed by atoms with E-state index >= 15 is 0 Å². The van der Waals surface area contributed by atoms with Crippen LogP contribution in [0.1, 0.15) is 65.3 Å². The van der Waals surface area contributed by atoms with Crippen molar-refractivity contribution in [3.63, 3.8) is 0 Å². The highest BCUT2D eigenvalue weighted by Crippen LogP contribution is 2.27. The van der Waals surface area contributed by atoms with Crippen molar-refractivity contribution in [2.45, 2.75) is 52.1 Å². The minimum atomic E-state index is -1.08. The Morgan fingerprint density at radius 1 is 1.09 bits per heavy atom. The maximum Gasteiger partial charge on any atom is 0.339 e. The van der Waals surface area contributed by atoms with Crippen LogP contribution in [-0.4, -0.2) is 34.2 Å². The van der Waals surface area contributed by atoms with Gasteiger partial charge in [0, 0.05) is 6.20 Å². The van der Waals surface area contributed by atoms with Gasteiger partial charge in [-0.2, -0.15) is 0 Å². The molecule has 1 aromatic heterocycles. The Kier molecular flexibility index (Phi) is 7.62. The zero-order chi connectivity index (χ0) is 23.9. The first-order valence-corrected chi connectivity index (χ1v) is 11.8. The number of carboxylic acid groups (broad SMARTS) is 1. The van der Waals surface area contributed by atoms with Crippen LogP contribution in [0.5, 0.6) is 11.5 Å². The van der Waals surface area contributed by atoms with Crippen molar-refractivity contribution in [1.82, 2.24) is 9.97 Å². The molecule has 2 aromatic carbocycles. The summed E-state index contributed by atoms with van der Waals surface area (Å²) >= 11 is 0. The van der Waals surface area contributed by atoms with E-state index in [1.165, 1.54) is 30.2 Å². The highest BCUT2D eigenvalue weighted by molar-refractivity contribution is 5.88. The number of nitrogens with one attached hydrogen (secondary N) is 1. The zero-order valence-electron chi connectivity index (χ0n) is 19.7. The normalized spacial score (nSPS) is 12.8. The van der Waals surface area contributed by atoms with Crippen LogP contribution in [0.3, 0.4) is 0 Å². The molecular formula is C27H31N3O4. The summed E-state index contributed by atoms with van der Waals surface area (Å²) in [6, 6.07) is 14.1. The van der Waals surface area contributed by atoms with Gasteiger partial charge in [0.1, 0.15) is 30.3 Å². The lowest BCUT2D eigenvalue weighted by Gasteiger charge is -2.17. The van der Waals surface area contributed by atoms with Gasteiger partial charge >= 0.3 is 5.97 Å². The highest BCUT2D eigenvalue weighted by Gasteiger charge is 2.16. The molecule has 1 aliphatic carbocycles. The summed E-state index contributed by atoms with van der Waals surface area (Å²) in [4.78, 5) is 20.2. The number of anilines is 1. The topological polar surface area (TPSA) is 93.6 Å². The van der Waals surface area contributed by atoms with Crippen LogP contribution < -0.4 is 14.8 Å². The van der Waals surface area contributed by atoms with E-state index in [4.69, 9.17) is 9.47 Å². The van der Waals surface area contributed by atoms with Crippen LogP contribution in [0.25, 0.3) is 0 Å². The SMILES string of the molecule is CC(C)c1ccccc1OCCNc1ncc(C(=O)O)c(COc2ccc3c(c2)CCCC3)n1. The number of rotatable bonds is 10. The number of fused-ring (bicyclic) bond motifs is 1. The monoisotopic (exact) mass is 461 g/mol. The van der Waals surface area contributed by atoms with Gasteiger partial charge in [-0.1, -0.05) is 38.1 Å². The summed E-state index contributed by atoms with van der Waals surface area (Å²) in [5.41, 5.74) is 4.20. The Bertz CT molecular complexity index is 1150. The lowest BCUT2D eigenvalue weighted by molar-refractivity contribution is 0.0692. The van der Waals surface area contributed by atoms with Crippen molar-refractivity contribution in [3.05, 3.63) is 76.6 Å². The average Bonchev–Trinajstić information content (AvgIpc) is 2.85. The molecule has 3 aromatic rings. The molecule has 0 radical (unpaired) electrons. The molecule has 34 heavy (non-hydrogen) atoms. The van der Waals surface area contributed by atoms with Gasteiger partial charge in [0.15, 0.2) is 0 Å². The predicted octanol–water partition coefficient (Wildman–Crippen LogP) is 5.25. The number of para-hydroxylation sites is 1. The van der Waals surface area contributed by atoms with E-state index in [0.29, 0.717) is 30.7 Å². The number of hydrogen-bond acceptors (Lipinski definition) is 6. The summed E-state index contributed by atoms with van der Waals surface area (Å²) in [5.74, 6) is 1.22. The third-order valence-electron chi connectivity index (χ3n) is 5.98. The second-order valence-corrected chi connectivity index (χ2v) is 8.75. The Morgan fingerprint density at radius 2 is 1.88 bits per heavy atom. The number of aryl methyl sites for hydroxylation is 2. The summed E-state index contributed by atoms with van der Waals surface area (Å²) in [6.07, 6.45) is 5.89. The van der Waals surface area contributed by atoms with Crippen LogP contribution in [0, 0.1) is 0 Å². The van der Waals surface area contributed by atoms with E-state index < -0.39 is 5.97 Å². The van der Waals surface area contributed by atoms with Gasteiger partial charge in [-0.05, 0) is 66.5 Å². The van der Waals surface area contributed by atoms with Gasteiger partial charge in [-0.25, -0.2) is 14.8 Å². The smallest absolute Gasteiger partial charge is 0.339 e. The van der Waals surface area contributed by atoms with Crippen LogP contribution in [0.15, 0.2) is 48.7 Å². The van der Waals surface area contributed by atoms with Gasteiger partial charge in [-0.3, -0.25) is 0 Å². The molecule has 0 unspecified atom stereocenters. The van der Waals surface area contributed by atoms with E-state index in [2.05, 4.69) is 47.3 Å². The molecule has 0 atom stereocenters. The van der Waals surface area contributed by atoms with Crippen molar-refractivity contribution in [2.24, 2.45) is 0 Å². The number of ether oxygens (including phenoxy) is 2. The van der Waals surface area contributed by atoms with Crippen LogP contribution in [-0.2, 0) is 19.4 Å². The van der Waals surface area contributed by atoms with Gasteiger partial charge in [0.05, 0.1) is 12.2 Å². The largest absolute Gasteiger partial charge is 0.491 e. The maximum atomic E-state index is 11.7. The Balaban J connectivity index is 1.37. The van der Waals surface area contributed by atoms with Crippen molar-refractivity contribution < 1.29 is 19.4 Å². The first kappa shape index (κ1) is 23.5. The Labute approximate surface area is 200 Å². The second-order valence-electron chi connectivity index (χ2n) is 8.75. The molecule has 0 saturated heterocycles. The first-order chi connectivity index (χ1) is 16.5. The Hall–Kier alpha value is -3.61. The molecule has 1 aliphatic rings. The van der Waals surface area contributed by atoms with Gasteiger partial charge in [-0.15, -0.1) is 0 Å². The number of aromatic nitrogens is 2. The van der Waals surface area contributed by atoms with Crippen LogP contribution in [0.2, 0.25) is 0 Å². The minimum absolute atomic E-state index is 0.0330. The fraction of sp³-hybridized carbons (Fsp3) is 0.370. The highest BCUT2D eigenvalue weighted by atomic mass is 16.5. The van der Waals surface area contributed by atoms with E-state index in [0.717, 1.165) is 29.9 Å². The average molecular weight is 462 g/mol. The predicted molar refractivity (Wildman–Crippen MR) is 131 cm³/mol. The molecular weight excluding hydrogens is 430 g/mol. The van der Waals surface area contributed by atoms with Crippen molar-refractivity contribution in [3.8, 4) is 11.5 Å². The molecule has 1 heterocycles. The fourth-order valence-corrected chi connectivity index (χ4v) is 4.16. The van der Waals surface area contributed by atoms with Gasteiger partial charge < -0.3 is 19.9 Å². The molecule has 2 N–H and O–H groups in total. The van der Waals surface area contributed by atoms with E-state index in [9.17, 15) is 9.90 Å². The quantitative estimate of drug-likeness (QED) is 0.398. The van der Waals surface area contributed by atoms with E-state index in [-0.39, 0.29) is 12.2 Å². The van der Waals surface area contributed by atoms with E-state index in [1.54, 1.807) is 0 Å². The molecule has 7 nitrogen and oxygen atoms in total. The molecule has 178 valence electrons. The number of carboxylic acids is 1. The Morgan fingerprint density at radius 3 is 2.68 bits per heavy atom. The molecule has 0 saturated carbocycles. The molecule has 0 spiro atoms. The second kappa shape index (κ2) is 11.0. The molecule has 0 fully saturated rings. The van der Waals surface area contributed by atoms with Crippen molar-refractivity contribution in [2.75, 3.05) is 18.5 Å². The number of aromatic carboxylic acids is 1. The lowest BCUT2D eigenvalue weighted by Crippen LogP contribution is -2.16. The van der Waals surface area contributed by atoms with Crippen LogP contribution >= 0.6 is 0 Å². The molecule has 0 bridgehead atoms. The number of hydrogen-bond donors (Lipinski definition) is 2. The number of carbonyl (C=O) groups is 1. The van der Waals surface area contributed by atoms with Gasteiger partial charge in [0.2, 0.25) is 5.95 Å². The summed E-state index contributed by atoms with van der Waals surface area (Å²) in [7, 11) is 0. The molecule has 4 rings (SSSR count). The van der Waals surface area contributed by atoms with E-state index in [1.807, 2.05) is 24.3 Å². The number of nitrogens with zero attached hydrogens (tertiary/aromatic N) is 2. The lowest BCUT2D eigenvalue weighted by atomic mass is 9.92. The zero-order valence-corrected chi connectivity index (χ0v) is 19.7. The molecule has 7 heteroatoms. The third-order valence-corrected chi connectivity index (χ3v) is 5.98. The molecule has 0 amide bonds. The van der Waals surface area contributed by atoms with Gasteiger partial charge in [0.25, 0.3) is 0 Å².